The second kappa shape index (κ2) is 5.87. The molecule has 0 saturated heterocycles. The molecule has 0 unspecified atom stereocenters. The summed E-state index contributed by atoms with van der Waals surface area (Å²) in [6, 6.07) is 4.27. The van der Waals surface area contributed by atoms with Crippen molar-refractivity contribution >= 4 is 11.5 Å². The lowest BCUT2D eigenvalue weighted by atomic mass is 10.0. The molecule has 27 heavy (non-hydrogen) atoms. The van der Waals surface area contributed by atoms with Gasteiger partial charge in [0.15, 0.2) is 11.5 Å². The van der Waals surface area contributed by atoms with Crippen LogP contribution in [0.5, 0.6) is 0 Å². The molecule has 0 bridgehead atoms. The van der Waals surface area contributed by atoms with E-state index in [-0.39, 0.29) is 0 Å². The molecular weight excluding hydrogens is 340 g/mol. The van der Waals surface area contributed by atoms with Gasteiger partial charge >= 0.3 is 0 Å². The summed E-state index contributed by atoms with van der Waals surface area (Å²) in [7, 11) is 1.94. The van der Waals surface area contributed by atoms with Crippen molar-refractivity contribution in [2.75, 3.05) is 11.4 Å². The maximum Gasteiger partial charge on any atom is 0.177 e. The van der Waals surface area contributed by atoms with Gasteiger partial charge in [-0.05, 0) is 37.1 Å². The summed E-state index contributed by atoms with van der Waals surface area (Å²) in [5.41, 5.74) is 7.54. The normalized spacial score (nSPS) is 14.0. The third-order valence-corrected chi connectivity index (χ3v) is 5.12. The first-order valence-electron chi connectivity index (χ1n) is 8.99. The minimum absolute atomic E-state index is 0.768. The van der Waals surface area contributed by atoms with Crippen LogP contribution < -0.4 is 4.90 Å². The van der Waals surface area contributed by atoms with E-state index in [1.165, 1.54) is 11.3 Å². The van der Waals surface area contributed by atoms with Crippen LogP contribution in [0.4, 0.5) is 5.82 Å². The van der Waals surface area contributed by atoms with Crippen LogP contribution in [0.25, 0.3) is 16.8 Å². The summed E-state index contributed by atoms with van der Waals surface area (Å²) in [4.78, 5) is 7.03. The van der Waals surface area contributed by atoms with Crippen LogP contribution in [0.15, 0.2) is 30.9 Å². The Bertz CT molecular complexity index is 1160. The molecule has 4 aromatic heterocycles. The number of aryl methyl sites for hydroxylation is 3. The Kier molecular flexibility index (Phi) is 3.46. The zero-order valence-corrected chi connectivity index (χ0v) is 15.6. The van der Waals surface area contributed by atoms with Gasteiger partial charge in [0.25, 0.3) is 0 Å². The van der Waals surface area contributed by atoms with Gasteiger partial charge in [-0.3, -0.25) is 9.67 Å². The number of hydrogen-bond acceptors (Lipinski definition) is 6. The summed E-state index contributed by atoms with van der Waals surface area (Å²) >= 11 is 0. The lowest BCUT2D eigenvalue weighted by Crippen LogP contribution is -2.32. The van der Waals surface area contributed by atoms with Crippen molar-refractivity contribution in [2.24, 2.45) is 7.05 Å². The van der Waals surface area contributed by atoms with Crippen molar-refractivity contribution in [2.45, 2.75) is 26.8 Å². The van der Waals surface area contributed by atoms with E-state index in [1.54, 1.807) is 10.8 Å². The number of rotatable bonds is 2. The number of aromatic nitrogens is 7. The van der Waals surface area contributed by atoms with Crippen LogP contribution in [0, 0.1) is 13.8 Å². The fourth-order valence-corrected chi connectivity index (χ4v) is 3.80. The van der Waals surface area contributed by atoms with Crippen molar-refractivity contribution < 1.29 is 0 Å². The Morgan fingerprint density at radius 3 is 2.81 bits per heavy atom. The van der Waals surface area contributed by atoms with E-state index < -0.39 is 0 Å². The number of fused-ring (bicyclic) bond motifs is 2. The quantitative estimate of drug-likeness (QED) is 0.545. The van der Waals surface area contributed by atoms with Gasteiger partial charge in [0.1, 0.15) is 6.33 Å². The van der Waals surface area contributed by atoms with E-state index in [2.05, 4.69) is 33.2 Å². The van der Waals surface area contributed by atoms with Gasteiger partial charge in [-0.2, -0.15) is 9.61 Å². The molecule has 5 rings (SSSR count). The van der Waals surface area contributed by atoms with Gasteiger partial charge in [0, 0.05) is 55.8 Å². The maximum atomic E-state index is 4.73. The minimum Gasteiger partial charge on any atom is -0.350 e. The van der Waals surface area contributed by atoms with Crippen LogP contribution in [0.2, 0.25) is 0 Å². The largest absolute Gasteiger partial charge is 0.350 e. The summed E-state index contributed by atoms with van der Waals surface area (Å²) < 4.78 is 3.57. The Morgan fingerprint density at radius 2 is 2.00 bits per heavy atom. The highest BCUT2D eigenvalue weighted by Crippen LogP contribution is 2.29. The smallest absolute Gasteiger partial charge is 0.177 e. The molecule has 1 aliphatic rings. The molecule has 0 amide bonds. The molecule has 8 heteroatoms. The number of pyridine rings is 1. The highest BCUT2D eigenvalue weighted by molar-refractivity contribution is 5.65. The summed E-state index contributed by atoms with van der Waals surface area (Å²) in [6.45, 7) is 5.78. The van der Waals surface area contributed by atoms with Crippen LogP contribution in [0.1, 0.15) is 22.5 Å². The highest BCUT2D eigenvalue weighted by atomic mass is 15.4. The average Bonchev–Trinajstić information content (AvgIpc) is 3.25. The lowest BCUT2D eigenvalue weighted by Gasteiger charge is -2.30. The van der Waals surface area contributed by atoms with Gasteiger partial charge in [-0.25, -0.2) is 0 Å². The third kappa shape index (κ3) is 2.64. The third-order valence-electron chi connectivity index (χ3n) is 5.12. The van der Waals surface area contributed by atoms with Crippen molar-refractivity contribution in [3.8, 4) is 11.1 Å². The number of hydrogen-bond donors (Lipinski definition) is 0. The summed E-state index contributed by atoms with van der Waals surface area (Å²) in [5.74, 6) is 0.968. The second-order valence-electron chi connectivity index (χ2n) is 7.09. The molecule has 0 saturated carbocycles. The molecule has 1 aliphatic heterocycles. The van der Waals surface area contributed by atoms with E-state index >= 15 is 0 Å². The van der Waals surface area contributed by atoms with E-state index in [4.69, 9.17) is 10.1 Å². The van der Waals surface area contributed by atoms with Gasteiger partial charge in [-0.15, -0.1) is 15.3 Å². The van der Waals surface area contributed by atoms with Crippen LogP contribution in [-0.4, -0.2) is 41.1 Å². The molecule has 8 nitrogen and oxygen atoms in total. The Morgan fingerprint density at radius 1 is 1.11 bits per heavy atom. The van der Waals surface area contributed by atoms with Gasteiger partial charge < -0.3 is 4.90 Å². The lowest BCUT2D eigenvalue weighted by molar-refractivity contribution is 0.689. The molecule has 0 atom stereocenters. The molecule has 5 heterocycles. The van der Waals surface area contributed by atoms with Crippen molar-refractivity contribution in [1.29, 1.82) is 0 Å². The maximum absolute atomic E-state index is 4.73. The fourth-order valence-electron chi connectivity index (χ4n) is 3.80. The molecule has 0 aromatic carbocycles. The minimum atomic E-state index is 0.768. The molecular formula is C19H20N8. The van der Waals surface area contributed by atoms with E-state index in [1.807, 2.05) is 37.1 Å². The highest BCUT2D eigenvalue weighted by Gasteiger charge is 2.22. The zero-order valence-electron chi connectivity index (χ0n) is 15.6. The first kappa shape index (κ1) is 15.9. The van der Waals surface area contributed by atoms with Gasteiger partial charge in [0.05, 0.1) is 5.69 Å². The average molecular weight is 360 g/mol. The second-order valence-corrected chi connectivity index (χ2v) is 7.09. The molecule has 136 valence electrons. The SMILES string of the molecule is Cc1cc2nncn2nc1N1CCc2ncc(-c3cn(C)nc3C)cc2C1. The van der Waals surface area contributed by atoms with Gasteiger partial charge in [0.2, 0.25) is 0 Å². The topological polar surface area (TPSA) is 77.0 Å². The summed E-state index contributed by atoms with van der Waals surface area (Å²) in [5, 5.41) is 17.2. The number of nitrogens with zero attached hydrogens (tertiary/aromatic N) is 8. The van der Waals surface area contributed by atoms with Crippen LogP contribution in [0.3, 0.4) is 0 Å². The molecule has 0 aliphatic carbocycles. The Balaban J connectivity index is 1.52. The first-order chi connectivity index (χ1) is 13.1. The van der Waals surface area contributed by atoms with Crippen LogP contribution >= 0.6 is 0 Å². The molecule has 0 radical (unpaired) electrons. The Labute approximate surface area is 156 Å². The predicted octanol–water partition coefficient (Wildman–Crippen LogP) is 2.10. The van der Waals surface area contributed by atoms with E-state index in [9.17, 15) is 0 Å². The van der Waals surface area contributed by atoms with Crippen molar-refractivity contribution in [3.05, 3.63) is 53.4 Å². The monoisotopic (exact) mass is 360 g/mol. The molecule has 0 N–H and O–H groups in total. The molecule has 0 fully saturated rings. The Hall–Kier alpha value is -3.29. The predicted molar refractivity (Wildman–Crippen MR) is 101 cm³/mol. The first-order valence-corrected chi connectivity index (χ1v) is 8.99. The van der Waals surface area contributed by atoms with E-state index in [0.717, 1.165) is 53.4 Å². The molecule has 4 aromatic rings. The van der Waals surface area contributed by atoms with E-state index in [0.29, 0.717) is 0 Å². The number of anilines is 1. The van der Waals surface area contributed by atoms with Crippen LogP contribution in [-0.2, 0) is 20.0 Å². The van der Waals surface area contributed by atoms with Gasteiger partial charge in [-0.1, -0.05) is 0 Å². The zero-order chi connectivity index (χ0) is 18.5. The molecule has 0 spiro atoms. The van der Waals surface area contributed by atoms with Crippen molar-refractivity contribution in [1.82, 2.24) is 34.6 Å². The van der Waals surface area contributed by atoms with Crippen molar-refractivity contribution in [3.63, 3.8) is 0 Å². The fraction of sp³-hybridized carbons (Fsp3) is 0.316. The summed E-state index contributed by atoms with van der Waals surface area (Å²) in [6.07, 6.45) is 6.56. The standard InChI is InChI=1S/C19H20N8/c1-12-6-18-22-21-11-27(18)24-19(12)26-5-4-17-15(9-26)7-14(8-20-17)16-10-25(3)23-13(16)2/h6-8,10-11H,4-5,9H2,1-3H3.